The number of amides is 4. The van der Waals surface area contributed by atoms with Crippen LogP contribution in [0, 0.1) is 11.3 Å². The fourth-order valence-electron chi connectivity index (χ4n) is 6.08. The van der Waals surface area contributed by atoms with Crippen LogP contribution in [-0.2, 0) is 14.3 Å². The summed E-state index contributed by atoms with van der Waals surface area (Å²) in [4.78, 5) is 54.7. The molecule has 0 unspecified atom stereocenters. The van der Waals surface area contributed by atoms with Crippen LogP contribution in [0.2, 0.25) is 0 Å². The lowest BCUT2D eigenvalue weighted by molar-refractivity contribution is -0.126. The highest BCUT2D eigenvalue weighted by molar-refractivity contribution is 6.17. The molecule has 46 heavy (non-hydrogen) atoms. The van der Waals surface area contributed by atoms with E-state index in [9.17, 15) is 19.2 Å². The van der Waals surface area contributed by atoms with Crippen molar-refractivity contribution in [3.8, 4) is 0 Å². The number of carbonyl (C=O) groups excluding carboxylic acids is 4. The Hall–Kier alpha value is -4.21. The standard InChI is InChI=1S/C36H49N5O5/c1-7-20-40(34(45)46-35(2,3)4)27-17-13-16-26(21-27)37-32(43)24-41-33(44)38-29-19-12-11-18-28(29)30(39-41)22-31(42)36(5,6)23-25-14-9-8-10-15-25/h11-13,16-19,21,25H,7-10,14-15,20,22-24H2,1-6H3,(H,37,43)(H,38,44). The maximum Gasteiger partial charge on any atom is 0.414 e. The van der Waals surface area contributed by atoms with Gasteiger partial charge in [0.05, 0.1) is 17.8 Å². The molecule has 248 valence electrons. The van der Waals surface area contributed by atoms with Gasteiger partial charge in [-0.25, -0.2) is 14.6 Å². The molecule has 1 aliphatic heterocycles. The normalized spacial score (nSPS) is 15.7. The largest absolute Gasteiger partial charge is 0.443 e. The Morgan fingerprint density at radius 1 is 1.02 bits per heavy atom. The maximum absolute atomic E-state index is 13.7. The number of nitrogens with zero attached hydrogens (tertiary/aromatic N) is 3. The van der Waals surface area contributed by atoms with Crippen LogP contribution in [-0.4, -0.2) is 53.2 Å². The van der Waals surface area contributed by atoms with E-state index in [1.54, 1.807) is 36.4 Å². The molecular weight excluding hydrogens is 582 g/mol. The SMILES string of the molecule is CCCN(C(=O)OC(C)(C)C)c1cccc(NC(=O)CN2N=C(CC(=O)C(C)(C)CC3CCCCC3)c3ccccc3NC2=O)c1. The first-order valence-corrected chi connectivity index (χ1v) is 16.4. The van der Waals surface area contributed by atoms with E-state index in [4.69, 9.17) is 4.74 Å². The Labute approximate surface area is 272 Å². The van der Waals surface area contributed by atoms with Gasteiger partial charge >= 0.3 is 12.1 Å². The minimum absolute atomic E-state index is 0.0454. The molecule has 0 atom stereocenters. The summed E-state index contributed by atoms with van der Waals surface area (Å²) in [5.74, 6) is 0.115. The number of Topliss-reactive ketones (excluding diaryl/α,β-unsaturated/α-hetero) is 1. The predicted octanol–water partition coefficient (Wildman–Crippen LogP) is 7.98. The number of hydrazone groups is 1. The number of ketones is 1. The lowest BCUT2D eigenvalue weighted by Gasteiger charge is -2.31. The number of rotatable bonds is 11. The fraction of sp³-hybridized carbons (Fsp3) is 0.528. The Kier molecular flexibility index (Phi) is 11.2. The topological polar surface area (TPSA) is 120 Å². The molecule has 0 bridgehead atoms. The van der Waals surface area contributed by atoms with Gasteiger partial charge < -0.3 is 15.4 Å². The smallest absolute Gasteiger partial charge is 0.414 e. The van der Waals surface area contributed by atoms with E-state index in [1.165, 1.54) is 24.2 Å². The maximum atomic E-state index is 13.7. The summed E-state index contributed by atoms with van der Waals surface area (Å²) < 4.78 is 5.58. The molecule has 4 rings (SSSR count). The van der Waals surface area contributed by atoms with E-state index >= 15 is 0 Å². The van der Waals surface area contributed by atoms with E-state index in [0.717, 1.165) is 24.3 Å². The van der Waals surface area contributed by atoms with E-state index in [-0.39, 0.29) is 18.7 Å². The molecule has 0 radical (unpaired) electrons. The second-order valence-electron chi connectivity index (χ2n) is 14.0. The Bertz CT molecular complexity index is 1450. The zero-order valence-corrected chi connectivity index (χ0v) is 28.2. The summed E-state index contributed by atoms with van der Waals surface area (Å²) in [5.41, 5.74) is 1.47. The predicted molar refractivity (Wildman–Crippen MR) is 182 cm³/mol. The second-order valence-corrected chi connectivity index (χ2v) is 14.0. The third kappa shape index (κ3) is 9.40. The van der Waals surface area contributed by atoms with Gasteiger partial charge in [0, 0.05) is 28.9 Å². The van der Waals surface area contributed by atoms with Gasteiger partial charge in [0.2, 0.25) is 5.91 Å². The monoisotopic (exact) mass is 631 g/mol. The van der Waals surface area contributed by atoms with Crippen LogP contribution in [0.15, 0.2) is 53.6 Å². The molecule has 10 heteroatoms. The van der Waals surface area contributed by atoms with Crippen LogP contribution in [0.3, 0.4) is 0 Å². The molecule has 4 amide bonds. The van der Waals surface area contributed by atoms with Gasteiger partial charge in [0.25, 0.3) is 0 Å². The Balaban J connectivity index is 1.51. The van der Waals surface area contributed by atoms with Gasteiger partial charge in [-0.05, 0) is 63.8 Å². The van der Waals surface area contributed by atoms with Crippen LogP contribution in [0.1, 0.15) is 98.5 Å². The van der Waals surface area contributed by atoms with Gasteiger partial charge in [0.15, 0.2) is 0 Å². The van der Waals surface area contributed by atoms with Crippen LogP contribution in [0.4, 0.5) is 26.7 Å². The van der Waals surface area contributed by atoms with Crippen molar-refractivity contribution in [1.82, 2.24) is 5.01 Å². The van der Waals surface area contributed by atoms with Crippen LogP contribution < -0.4 is 15.5 Å². The molecule has 2 aliphatic rings. The average Bonchev–Trinajstić information content (AvgIpc) is 3.11. The third-order valence-electron chi connectivity index (χ3n) is 8.36. The molecular formula is C36H49N5O5. The number of fused-ring (bicyclic) bond motifs is 1. The summed E-state index contributed by atoms with van der Waals surface area (Å²) in [6, 6.07) is 13.6. The first-order valence-electron chi connectivity index (χ1n) is 16.4. The van der Waals surface area contributed by atoms with Crippen molar-refractivity contribution >= 4 is 46.6 Å². The first kappa shape index (κ1) is 34.7. The number of benzene rings is 2. The Morgan fingerprint density at radius 2 is 1.74 bits per heavy atom. The molecule has 2 N–H and O–H groups in total. The number of hydrogen-bond acceptors (Lipinski definition) is 6. The van der Waals surface area contributed by atoms with E-state index < -0.39 is 29.0 Å². The summed E-state index contributed by atoms with van der Waals surface area (Å²) in [5, 5.41) is 11.3. The molecule has 2 aromatic carbocycles. The number of urea groups is 1. The van der Waals surface area contributed by atoms with Gasteiger partial charge in [-0.2, -0.15) is 5.10 Å². The number of nitrogens with one attached hydrogen (secondary N) is 2. The van der Waals surface area contributed by atoms with E-state index in [1.807, 2.05) is 53.7 Å². The van der Waals surface area contributed by atoms with Crippen molar-refractivity contribution in [2.75, 3.05) is 28.6 Å². The molecule has 1 aliphatic carbocycles. The second kappa shape index (κ2) is 14.9. The van der Waals surface area contributed by atoms with Crippen molar-refractivity contribution < 1.29 is 23.9 Å². The molecule has 0 aromatic heterocycles. The molecule has 0 spiro atoms. The van der Waals surface area contributed by atoms with Crippen molar-refractivity contribution in [1.29, 1.82) is 0 Å². The summed E-state index contributed by atoms with van der Waals surface area (Å²) in [6.45, 7) is 11.5. The molecule has 1 saturated carbocycles. The van der Waals surface area contributed by atoms with Crippen molar-refractivity contribution in [3.05, 3.63) is 54.1 Å². The van der Waals surface area contributed by atoms with E-state index in [0.29, 0.717) is 47.2 Å². The van der Waals surface area contributed by atoms with Crippen molar-refractivity contribution in [2.45, 2.75) is 98.5 Å². The zero-order valence-electron chi connectivity index (χ0n) is 28.2. The van der Waals surface area contributed by atoms with Gasteiger partial charge in [-0.3, -0.25) is 14.5 Å². The number of para-hydroxylation sites is 1. The fourth-order valence-corrected chi connectivity index (χ4v) is 6.08. The highest BCUT2D eigenvalue weighted by atomic mass is 16.6. The van der Waals surface area contributed by atoms with Gasteiger partial charge in [0.1, 0.15) is 17.9 Å². The highest BCUT2D eigenvalue weighted by Crippen LogP contribution is 2.36. The lowest BCUT2D eigenvalue weighted by atomic mass is 9.73. The quantitative estimate of drug-likeness (QED) is 0.260. The summed E-state index contributed by atoms with van der Waals surface area (Å²) in [7, 11) is 0. The Morgan fingerprint density at radius 3 is 2.43 bits per heavy atom. The van der Waals surface area contributed by atoms with Crippen molar-refractivity contribution in [2.24, 2.45) is 16.4 Å². The minimum atomic E-state index is -0.655. The number of anilines is 3. The van der Waals surface area contributed by atoms with E-state index in [2.05, 4.69) is 15.7 Å². The highest BCUT2D eigenvalue weighted by Gasteiger charge is 2.34. The third-order valence-corrected chi connectivity index (χ3v) is 8.36. The lowest BCUT2D eigenvalue weighted by Crippen LogP contribution is -2.38. The summed E-state index contributed by atoms with van der Waals surface area (Å²) in [6.07, 6.45) is 7.11. The number of hydrogen-bond donors (Lipinski definition) is 2. The molecule has 10 nitrogen and oxygen atoms in total. The first-order chi connectivity index (χ1) is 21.8. The molecule has 0 saturated heterocycles. The van der Waals surface area contributed by atoms with Gasteiger partial charge in [-0.1, -0.05) is 77.1 Å². The number of ether oxygens (including phenoxy) is 1. The van der Waals surface area contributed by atoms with Crippen LogP contribution in [0.5, 0.6) is 0 Å². The van der Waals surface area contributed by atoms with Gasteiger partial charge in [-0.15, -0.1) is 0 Å². The average molecular weight is 632 g/mol. The number of carbonyl (C=O) groups is 4. The van der Waals surface area contributed by atoms with Crippen molar-refractivity contribution in [3.63, 3.8) is 0 Å². The summed E-state index contributed by atoms with van der Waals surface area (Å²) >= 11 is 0. The minimum Gasteiger partial charge on any atom is -0.443 e. The molecule has 2 aromatic rings. The molecule has 1 fully saturated rings. The van der Waals surface area contributed by atoms with Crippen LogP contribution >= 0.6 is 0 Å². The molecule has 1 heterocycles. The van der Waals surface area contributed by atoms with Crippen LogP contribution in [0.25, 0.3) is 0 Å². The zero-order chi connectivity index (χ0) is 33.5.